The second kappa shape index (κ2) is 8.97. The predicted molar refractivity (Wildman–Crippen MR) is 99.0 cm³/mol. The van der Waals surface area contributed by atoms with Crippen LogP contribution in [0.3, 0.4) is 0 Å². The van der Waals surface area contributed by atoms with E-state index in [0.717, 1.165) is 16.0 Å². The Labute approximate surface area is 148 Å². The zero-order valence-electron chi connectivity index (χ0n) is 14.4. The van der Waals surface area contributed by atoms with Crippen LogP contribution >= 0.6 is 11.8 Å². The van der Waals surface area contributed by atoms with Crippen LogP contribution in [-0.4, -0.2) is 31.6 Å². The van der Waals surface area contributed by atoms with Crippen molar-refractivity contribution in [2.75, 3.05) is 20.5 Å². The Morgan fingerprint density at radius 1 is 1.08 bits per heavy atom. The molecule has 0 aliphatic heterocycles. The molecule has 2 aromatic carbocycles. The normalized spacial score (nSPS) is 13.4. The van der Waals surface area contributed by atoms with E-state index < -0.39 is 6.10 Å². The van der Waals surface area contributed by atoms with Gasteiger partial charge in [-0.25, -0.2) is 0 Å². The van der Waals surface area contributed by atoms with Crippen LogP contribution in [0.15, 0.2) is 47.4 Å². The molecule has 2 aromatic rings. The lowest BCUT2D eigenvalue weighted by molar-refractivity contribution is 0.155. The Bertz CT molecular complexity index is 663. The average molecular weight is 347 g/mol. The highest BCUT2D eigenvalue weighted by Gasteiger charge is 2.16. The van der Waals surface area contributed by atoms with E-state index in [2.05, 4.69) is 0 Å². The Morgan fingerprint density at radius 2 is 1.79 bits per heavy atom. The molecule has 5 heteroatoms. The van der Waals surface area contributed by atoms with Crippen LogP contribution in [0, 0.1) is 0 Å². The van der Waals surface area contributed by atoms with Gasteiger partial charge in [-0.1, -0.05) is 24.3 Å². The minimum absolute atomic E-state index is 0.145. The maximum Gasteiger partial charge on any atom is 0.160 e. The Hall–Kier alpha value is -1.69. The number of methoxy groups -OCH3 is 2. The number of nitrogens with two attached hydrogens (primary N) is 1. The van der Waals surface area contributed by atoms with Gasteiger partial charge in [-0.2, -0.15) is 0 Å². The summed E-state index contributed by atoms with van der Waals surface area (Å²) in [5.41, 5.74) is 8.26. The molecule has 0 spiro atoms. The van der Waals surface area contributed by atoms with Crippen LogP contribution in [-0.2, 0) is 6.42 Å². The molecule has 0 fully saturated rings. The maximum atomic E-state index is 10.5. The summed E-state index contributed by atoms with van der Waals surface area (Å²) in [5.74, 6) is 1.39. The Morgan fingerprint density at radius 3 is 2.46 bits per heavy atom. The third kappa shape index (κ3) is 4.66. The first-order valence-corrected chi connectivity index (χ1v) is 9.09. The monoisotopic (exact) mass is 347 g/mol. The fourth-order valence-electron chi connectivity index (χ4n) is 2.75. The highest BCUT2D eigenvalue weighted by molar-refractivity contribution is 7.98. The molecular weight excluding hydrogens is 322 g/mol. The number of hydrogen-bond acceptors (Lipinski definition) is 5. The van der Waals surface area contributed by atoms with Gasteiger partial charge >= 0.3 is 0 Å². The molecular formula is C19H25NO3S. The summed E-state index contributed by atoms with van der Waals surface area (Å²) in [7, 11) is 3.23. The molecule has 0 saturated carbocycles. The van der Waals surface area contributed by atoms with Gasteiger partial charge in [0.15, 0.2) is 11.5 Å². The van der Waals surface area contributed by atoms with Crippen molar-refractivity contribution in [1.82, 2.24) is 0 Å². The number of hydrogen-bond donors (Lipinski definition) is 2. The first-order chi connectivity index (χ1) is 11.6. The van der Waals surface area contributed by atoms with Crippen LogP contribution in [0.4, 0.5) is 0 Å². The van der Waals surface area contributed by atoms with E-state index in [9.17, 15) is 5.11 Å². The lowest BCUT2D eigenvalue weighted by atomic mass is 9.97. The van der Waals surface area contributed by atoms with Crippen LogP contribution in [0.25, 0.3) is 0 Å². The van der Waals surface area contributed by atoms with Crippen molar-refractivity contribution in [2.45, 2.75) is 29.9 Å². The van der Waals surface area contributed by atoms with Crippen molar-refractivity contribution >= 4 is 11.8 Å². The van der Waals surface area contributed by atoms with E-state index in [0.29, 0.717) is 24.3 Å². The molecule has 0 aliphatic carbocycles. The molecule has 0 aromatic heterocycles. The second-order valence-corrected chi connectivity index (χ2v) is 6.50. The fraction of sp³-hybridized carbons (Fsp3) is 0.368. The highest BCUT2D eigenvalue weighted by Crippen LogP contribution is 2.30. The predicted octanol–water partition coefficient (Wildman–Crippen LogP) is 3.42. The molecule has 2 atom stereocenters. The topological polar surface area (TPSA) is 64.7 Å². The van der Waals surface area contributed by atoms with E-state index in [-0.39, 0.29) is 6.04 Å². The zero-order chi connectivity index (χ0) is 17.5. The van der Waals surface area contributed by atoms with Crippen LogP contribution < -0.4 is 15.2 Å². The van der Waals surface area contributed by atoms with Gasteiger partial charge in [0.1, 0.15) is 0 Å². The molecule has 0 radical (unpaired) electrons. The number of thioether (sulfide) groups is 1. The Kier molecular flexibility index (Phi) is 6.97. The minimum Gasteiger partial charge on any atom is -0.493 e. The Balaban J connectivity index is 2.03. The number of aliphatic hydroxyl groups is 1. The smallest absolute Gasteiger partial charge is 0.160 e. The van der Waals surface area contributed by atoms with Crippen LogP contribution in [0.5, 0.6) is 11.5 Å². The third-order valence-corrected chi connectivity index (χ3v) is 4.78. The van der Waals surface area contributed by atoms with E-state index in [1.54, 1.807) is 26.0 Å². The quantitative estimate of drug-likeness (QED) is 0.716. The van der Waals surface area contributed by atoms with Gasteiger partial charge in [-0.3, -0.25) is 0 Å². The summed E-state index contributed by atoms with van der Waals surface area (Å²) in [4.78, 5) is 1.09. The molecule has 0 saturated heterocycles. The zero-order valence-corrected chi connectivity index (χ0v) is 15.2. The van der Waals surface area contributed by atoms with Gasteiger partial charge in [-0.05, 0) is 48.4 Å². The van der Waals surface area contributed by atoms with Gasteiger partial charge in [-0.15, -0.1) is 11.8 Å². The van der Waals surface area contributed by atoms with E-state index >= 15 is 0 Å². The maximum absolute atomic E-state index is 10.5. The van der Waals surface area contributed by atoms with Gasteiger partial charge in [0.25, 0.3) is 0 Å². The van der Waals surface area contributed by atoms with Crippen molar-refractivity contribution in [3.8, 4) is 11.5 Å². The molecule has 2 rings (SSSR count). The lowest BCUT2D eigenvalue weighted by Crippen LogP contribution is -2.25. The molecule has 24 heavy (non-hydrogen) atoms. The minimum atomic E-state index is -0.566. The first-order valence-electron chi connectivity index (χ1n) is 7.86. The molecule has 0 amide bonds. The standard InChI is InChI=1S/C19H25NO3S/c1-22-17-9-8-13(11-18(17)23-2)10-14(20)12-16(21)15-6-4-5-7-19(15)24-3/h4-9,11,14,16,21H,10,12,20H2,1-3H3. The molecule has 0 aliphatic rings. The van der Waals surface area contributed by atoms with E-state index in [1.165, 1.54) is 0 Å². The van der Waals surface area contributed by atoms with Crippen LogP contribution in [0.1, 0.15) is 23.7 Å². The number of benzene rings is 2. The van der Waals surface area contributed by atoms with Gasteiger partial charge < -0.3 is 20.3 Å². The highest BCUT2D eigenvalue weighted by atomic mass is 32.2. The molecule has 4 nitrogen and oxygen atoms in total. The number of rotatable bonds is 8. The number of ether oxygens (including phenoxy) is 2. The van der Waals surface area contributed by atoms with Crippen molar-refractivity contribution in [1.29, 1.82) is 0 Å². The molecule has 0 heterocycles. The summed E-state index contributed by atoms with van der Waals surface area (Å²) in [5, 5.41) is 10.5. The van der Waals surface area contributed by atoms with E-state index in [1.807, 2.05) is 48.7 Å². The van der Waals surface area contributed by atoms with Gasteiger partial charge in [0, 0.05) is 10.9 Å². The van der Waals surface area contributed by atoms with Crippen molar-refractivity contribution in [3.63, 3.8) is 0 Å². The van der Waals surface area contributed by atoms with Gasteiger partial charge in [0.2, 0.25) is 0 Å². The van der Waals surface area contributed by atoms with E-state index in [4.69, 9.17) is 15.2 Å². The second-order valence-electron chi connectivity index (χ2n) is 5.65. The fourth-order valence-corrected chi connectivity index (χ4v) is 3.40. The SMILES string of the molecule is COc1ccc(CC(N)CC(O)c2ccccc2SC)cc1OC. The largest absolute Gasteiger partial charge is 0.493 e. The molecule has 130 valence electrons. The number of aliphatic hydroxyl groups excluding tert-OH is 1. The van der Waals surface area contributed by atoms with Crippen molar-refractivity contribution < 1.29 is 14.6 Å². The summed E-state index contributed by atoms with van der Waals surface area (Å²) >= 11 is 1.63. The molecule has 3 N–H and O–H groups in total. The summed E-state index contributed by atoms with van der Waals surface area (Å²) in [6.45, 7) is 0. The van der Waals surface area contributed by atoms with Gasteiger partial charge in [0.05, 0.1) is 20.3 Å². The third-order valence-electron chi connectivity index (χ3n) is 3.97. The molecule has 2 unspecified atom stereocenters. The summed E-state index contributed by atoms with van der Waals surface area (Å²) in [6, 6.07) is 13.5. The average Bonchev–Trinajstić information content (AvgIpc) is 2.61. The van der Waals surface area contributed by atoms with Crippen LogP contribution in [0.2, 0.25) is 0 Å². The lowest BCUT2D eigenvalue weighted by Gasteiger charge is -2.19. The molecule has 0 bridgehead atoms. The first kappa shape index (κ1) is 18.6. The summed E-state index contributed by atoms with van der Waals surface area (Å²) in [6.07, 6.45) is 2.61. The van der Waals surface area contributed by atoms with Crippen molar-refractivity contribution in [2.24, 2.45) is 5.73 Å². The summed E-state index contributed by atoms with van der Waals surface area (Å²) < 4.78 is 10.6. The van der Waals surface area contributed by atoms with Crippen molar-refractivity contribution in [3.05, 3.63) is 53.6 Å².